The van der Waals surface area contributed by atoms with Crippen molar-refractivity contribution in [3.05, 3.63) is 29.8 Å². The second-order valence-corrected chi connectivity index (χ2v) is 5.14. The van der Waals surface area contributed by atoms with E-state index in [0.717, 1.165) is 31.5 Å². The lowest BCUT2D eigenvalue weighted by molar-refractivity contribution is -0.131. The number of amides is 1. The van der Waals surface area contributed by atoms with Crippen LogP contribution in [-0.2, 0) is 11.2 Å². The zero-order valence-electron chi connectivity index (χ0n) is 12.0. The Hall–Kier alpha value is -1.69. The van der Waals surface area contributed by atoms with Gasteiger partial charge in [0.15, 0.2) is 0 Å². The molecule has 1 saturated heterocycles. The first-order valence-electron chi connectivity index (χ1n) is 7.07. The van der Waals surface area contributed by atoms with Crippen LogP contribution in [0.15, 0.2) is 24.3 Å². The standard InChI is InChI=1S/C15H20F2N2O2/c1-18-12-6-8-19(9-7-12)14(20)10-11-2-4-13(5-3-11)21-15(16)17/h2-5,12,15,18H,6-10H2,1H3. The van der Waals surface area contributed by atoms with E-state index in [4.69, 9.17) is 0 Å². The van der Waals surface area contributed by atoms with E-state index in [9.17, 15) is 13.6 Å². The van der Waals surface area contributed by atoms with Gasteiger partial charge in [0.1, 0.15) is 5.75 Å². The minimum Gasteiger partial charge on any atom is -0.435 e. The Kier molecular flexibility index (Phi) is 5.50. The summed E-state index contributed by atoms with van der Waals surface area (Å²) in [6.45, 7) is -1.31. The molecule has 116 valence electrons. The van der Waals surface area contributed by atoms with E-state index in [1.165, 1.54) is 12.1 Å². The maximum absolute atomic E-state index is 12.2. The Labute approximate surface area is 123 Å². The second kappa shape index (κ2) is 7.36. The molecule has 0 aliphatic carbocycles. The molecule has 0 atom stereocenters. The third-order valence-corrected chi connectivity index (χ3v) is 3.76. The molecule has 1 N–H and O–H groups in total. The summed E-state index contributed by atoms with van der Waals surface area (Å²) >= 11 is 0. The van der Waals surface area contributed by atoms with Gasteiger partial charge in [-0.2, -0.15) is 8.78 Å². The molecule has 2 rings (SSSR count). The maximum atomic E-state index is 12.2. The van der Waals surface area contributed by atoms with Gasteiger partial charge in [-0.3, -0.25) is 4.79 Å². The number of alkyl halides is 2. The van der Waals surface area contributed by atoms with Gasteiger partial charge in [0.2, 0.25) is 5.91 Å². The van der Waals surface area contributed by atoms with Gasteiger partial charge in [-0.05, 0) is 37.6 Å². The number of likely N-dealkylation sites (tertiary alicyclic amines) is 1. The van der Waals surface area contributed by atoms with Gasteiger partial charge in [-0.25, -0.2) is 0 Å². The summed E-state index contributed by atoms with van der Waals surface area (Å²) in [6.07, 6.45) is 2.21. The van der Waals surface area contributed by atoms with E-state index in [-0.39, 0.29) is 11.7 Å². The first-order valence-corrected chi connectivity index (χ1v) is 7.07. The average molecular weight is 298 g/mol. The molecule has 1 aromatic carbocycles. The van der Waals surface area contributed by atoms with Crippen LogP contribution in [0.25, 0.3) is 0 Å². The fraction of sp³-hybridized carbons (Fsp3) is 0.533. The van der Waals surface area contributed by atoms with Crippen molar-refractivity contribution in [2.45, 2.75) is 31.9 Å². The quantitative estimate of drug-likeness (QED) is 0.904. The van der Waals surface area contributed by atoms with E-state index in [0.29, 0.717) is 12.5 Å². The molecule has 1 aliphatic heterocycles. The highest BCUT2D eigenvalue weighted by molar-refractivity contribution is 5.78. The summed E-state index contributed by atoms with van der Waals surface area (Å²) in [4.78, 5) is 14.0. The molecule has 1 fully saturated rings. The molecule has 0 saturated carbocycles. The third kappa shape index (κ3) is 4.67. The zero-order chi connectivity index (χ0) is 15.2. The van der Waals surface area contributed by atoms with E-state index in [1.807, 2.05) is 11.9 Å². The minimum atomic E-state index is -2.83. The van der Waals surface area contributed by atoms with E-state index >= 15 is 0 Å². The molecule has 1 aromatic rings. The lowest BCUT2D eigenvalue weighted by Crippen LogP contribution is -2.44. The zero-order valence-corrected chi connectivity index (χ0v) is 12.0. The molecular weight excluding hydrogens is 278 g/mol. The van der Waals surface area contributed by atoms with Gasteiger partial charge >= 0.3 is 6.61 Å². The summed E-state index contributed by atoms with van der Waals surface area (Å²) < 4.78 is 28.4. The normalized spacial score (nSPS) is 16.3. The van der Waals surface area contributed by atoms with Crippen LogP contribution in [0.5, 0.6) is 5.75 Å². The number of rotatable bonds is 5. The lowest BCUT2D eigenvalue weighted by Gasteiger charge is -2.31. The molecule has 0 unspecified atom stereocenters. The predicted octanol–water partition coefficient (Wildman–Crippen LogP) is 2.04. The van der Waals surface area contributed by atoms with Crippen molar-refractivity contribution < 1.29 is 18.3 Å². The number of halogens is 2. The first kappa shape index (κ1) is 15.7. The summed E-state index contributed by atoms with van der Waals surface area (Å²) in [5.74, 6) is 0.183. The van der Waals surface area contributed by atoms with Crippen molar-refractivity contribution >= 4 is 5.91 Å². The number of hydrogen-bond donors (Lipinski definition) is 1. The van der Waals surface area contributed by atoms with Gasteiger partial charge in [0.25, 0.3) is 0 Å². The highest BCUT2D eigenvalue weighted by atomic mass is 19.3. The summed E-state index contributed by atoms with van der Waals surface area (Å²) in [6, 6.07) is 6.70. The van der Waals surface area contributed by atoms with Crippen LogP contribution in [0.2, 0.25) is 0 Å². The molecule has 6 heteroatoms. The van der Waals surface area contributed by atoms with Crippen LogP contribution in [0.1, 0.15) is 18.4 Å². The Morgan fingerprint density at radius 2 is 1.95 bits per heavy atom. The van der Waals surface area contributed by atoms with E-state index in [1.54, 1.807) is 12.1 Å². The molecule has 4 nitrogen and oxygen atoms in total. The third-order valence-electron chi connectivity index (χ3n) is 3.76. The number of benzene rings is 1. The average Bonchev–Trinajstić information content (AvgIpc) is 2.49. The van der Waals surface area contributed by atoms with E-state index in [2.05, 4.69) is 10.1 Å². The number of carbonyl (C=O) groups is 1. The second-order valence-electron chi connectivity index (χ2n) is 5.14. The van der Waals surface area contributed by atoms with Crippen LogP contribution in [0.3, 0.4) is 0 Å². The summed E-state index contributed by atoms with van der Waals surface area (Å²) in [5, 5.41) is 3.22. The SMILES string of the molecule is CNC1CCN(C(=O)Cc2ccc(OC(F)F)cc2)CC1. The van der Waals surface area contributed by atoms with Gasteiger partial charge in [0, 0.05) is 19.1 Å². The number of hydrogen-bond acceptors (Lipinski definition) is 3. The van der Waals surface area contributed by atoms with Gasteiger partial charge in [0.05, 0.1) is 6.42 Å². The van der Waals surface area contributed by atoms with E-state index < -0.39 is 6.61 Å². The highest BCUT2D eigenvalue weighted by Crippen LogP contribution is 2.17. The smallest absolute Gasteiger partial charge is 0.387 e. The predicted molar refractivity (Wildman–Crippen MR) is 75.4 cm³/mol. The van der Waals surface area contributed by atoms with Gasteiger partial charge in [-0.1, -0.05) is 12.1 Å². The van der Waals surface area contributed by atoms with Crippen LogP contribution >= 0.6 is 0 Å². The summed E-state index contributed by atoms with van der Waals surface area (Å²) in [7, 11) is 1.94. The molecule has 1 aliphatic rings. The number of carbonyl (C=O) groups excluding carboxylic acids is 1. The lowest BCUT2D eigenvalue weighted by atomic mass is 10.0. The largest absolute Gasteiger partial charge is 0.435 e. The monoisotopic (exact) mass is 298 g/mol. The van der Waals surface area contributed by atoms with Crippen molar-refractivity contribution in [1.29, 1.82) is 0 Å². The van der Waals surface area contributed by atoms with Crippen molar-refractivity contribution in [3.8, 4) is 5.75 Å². The Bertz CT molecular complexity index is 457. The van der Waals surface area contributed by atoms with Crippen molar-refractivity contribution in [1.82, 2.24) is 10.2 Å². The Morgan fingerprint density at radius 3 is 2.48 bits per heavy atom. The molecular formula is C15H20F2N2O2. The summed E-state index contributed by atoms with van der Waals surface area (Å²) in [5.41, 5.74) is 0.803. The molecule has 1 heterocycles. The molecule has 0 aromatic heterocycles. The number of ether oxygens (including phenoxy) is 1. The van der Waals surface area contributed by atoms with Crippen LogP contribution < -0.4 is 10.1 Å². The fourth-order valence-electron chi connectivity index (χ4n) is 2.49. The Balaban J connectivity index is 1.85. The van der Waals surface area contributed by atoms with Gasteiger partial charge in [-0.15, -0.1) is 0 Å². The molecule has 0 bridgehead atoms. The number of nitrogens with zero attached hydrogens (tertiary/aromatic N) is 1. The fourth-order valence-corrected chi connectivity index (χ4v) is 2.49. The topological polar surface area (TPSA) is 41.6 Å². The molecule has 0 spiro atoms. The van der Waals surface area contributed by atoms with Gasteiger partial charge < -0.3 is 15.0 Å². The molecule has 1 amide bonds. The van der Waals surface area contributed by atoms with Crippen molar-refractivity contribution in [3.63, 3.8) is 0 Å². The molecule has 21 heavy (non-hydrogen) atoms. The minimum absolute atomic E-state index is 0.0760. The first-order chi connectivity index (χ1) is 10.1. The van der Waals surface area contributed by atoms with Crippen molar-refractivity contribution in [2.24, 2.45) is 0 Å². The Morgan fingerprint density at radius 1 is 1.33 bits per heavy atom. The highest BCUT2D eigenvalue weighted by Gasteiger charge is 2.21. The van der Waals surface area contributed by atoms with Crippen LogP contribution in [-0.4, -0.2) is 43.6 Å². The van der Waals surface area contributed by atoms with Crippen molar-refractivity contribution in [2.75, 3.05) is 20.1 Å². The number of nitrogens with one attached hydrogen (secondary N) is 1. The maximum Gasteiger partial charge on any atom is 0.387 e. The van der Waals surface area contributed by atoms with Crippen LogP contribution in [0, 0.1) is 0 Å². The molecule has 0 radical (unpaired) electrons. The number of piperidine rings is 1. The van der Waals surface area contributed by atoms with Crippen LogP contribution in [0.4, 0.5) is 8.78 Å².